The van der Waals surface area contributed by atoms with E-state index in [4.69, 9.17) is 4.74 Å². The van der Waals surface area contributed by atoms with Gasteiger partial charge < -0.3 is 4.74 Å². The van der Waals surface area contributed by atoms with Crippen LogP contribution >= 0.6 is 0 Å². The average molecular weight is 246 g/mol. The van der Waals surface area contributed by atoms with Crippen molar-refractivity contribution in [2.75, 3.05) is 6.61 Å². The van der Waals surface area contributed by atoms with E-state index in [0.29, 0.717) is 6.61 Å². The molecule has 1 unspecified atom stereocenters. The molecule has 0 radical (unpaired) electrons. The van der Waals surface area contributed by atoms with Crippen LogP contribution in [0.15, 0.2) is 24.3 Å². The zero-order chi connectivity index (χ0) is 13.0. The molecule has 3 nitrogen and oxygen atoms in total. The van der Waals surface area contributed by atoms with Crippen molar-refractivity contribution in [3.63, 3.8) is 0 Å². The predicted octanol–water partition coefficient (Wildman–Crippen LogP) is 2.63. The number of aryl methyl sites for hydroxylation is 1. The van der Waals surface area contributed by atoms with Crippen LogP contribution in [0.4, 0.5) is 0 Å². The van der Waals surface area contributed by atoms with Gasteiger partial charge in [-0.1, -0.05) is 24.3 Å². The summed E-state index contributed by atoms with van der Waals surface area (Å²) in [6, 6.07) is 8.02. The van der Waals surface area contributed by atoms with Gasteiger partial charge in [0.25, 0.3) is 0 Å². The van der Waals surface area contributed by atoms with E-state index in [-0.39, 0.29) is 18.1 Å². The molecule has 18 heavy (non-hydrogen) atoms. The molecule has 0 spiro atoms. The first-order valence-electron chi connectivity index (χ1n) is 6.48. The summed E-state index contributed by atoms with van der Waals surface area (Å²) in [6.45, 7) is 2.08. The van der Waals surface area contributed by atoms with E-state index in [2.05, 4.69) is 6.07 Å². The molecule has 1 aliphatic rings. The van der Waals surface area contributed by atoms with Gasteiger partial charge in [0.15, 0.2) is 5.78 Å². The van der Waals surface area contributed by atoms with Gasteiger partial charge in [-0.25, -0.2) is 0 Å². The van der Waals surface area contributed by atoms with Crippen molar-refractivity contribution >= 4 is 11.8 Å². The summed E-state index contributed by atoms with van der Waals surface area (Å²) >= 11 is 0. The number of hydrogen-bond donors (Lipinski definition) is 0. The molecule has 0 aliphatic heterocycles. The minimum atomic E-state index is -0.412. The Kier molecular flexibility index (Phi) is 4.13. The summed E-state index contributed by atoms with van der Waals surface area (Å²) in [5.41, 5.74) is 2.34. The third-order valence-electron chi connectivity index (χ3n) is 3.38. The molecule has 0 amide bonds. The molecule has 1 aromatic carbocycles. The SMILES string of the molecule is CCOC(=O)CC(=O)C1CCCc2ccccc21. The smallest absolute Gasteiger partial charge is 0.313 e. The van der Waals surface area contributed by atoms with Gasteiger partial charge in [-0.15, -0.1) is 0 Å². The van der Waals surface area contributed by atoms with Gasteiger partial charge in [-0.05, 0) is 37.3 Å². The normalized spacial score (nSPS) is 17.9. The third-order valence-corrected chi connectivity index (χ3v) is 3.38. The lowest BCUT2D eigenvalue weighted by molar-refractivity contribution is -0.145. The highest BCUT2D eigenvalue weighted by Gasteiger charge is 2.27. The molecule has 0 heterocycles. The lowest BCUT2D eigenvalue weighted by Gasteiger charge is -2.24. The zero-order valence-corrected chi connectivity index (χ0v) is 10.6. The quantitative estimate of drug-likeness (QED) is 0.606. The fourth-order valence-corrected chi connectivity index (χ4v) is 2.57. The maximum atomic E-state index is 12.1. The molecule has 1 aliphatic carbocycles. The van der Waals surface area contributed by atoms with Crippen LogP contribution in [0.1, 0.15) is 43.2 Å². The van der Waals surface area contributed by atoms with E-state index in [1.807, 2.05) is 18.2 Å². The Morgan fingerprint density at radius 2 is 2.11 bits per heavy atom. The van der Waals surface area contributed by atoms with Crippen molar-refractivity contribution in [1.29, 1.82) is 0 Å². The summed E-state index contributed by atoms with van der Waals surface area (Å²) < 4.78 is 4.83. The van der Waals surface area contributed by atoms with Crippen molar-refractivity contribution < 1.29 is 14.3 Å². The molecule has 0 aromatic heterocycles. The van der Waals surface area contributed by atoms with Crippen molar-refractivity contribution in [2.24, 2.45) is 0 Å². The monoisotopic (exact) mass is 246 g/mol. The number of fused-ring (bicyclic) bond motifs is 1. The van der Waals surface area contributed by atoms with Gasteiger partial charge in [-0.3, -0.25) is 9.59 Å². The highest BCUT2D eigenvalue weighted by molar-refractivity contribution is 5.99. The summed E-state index contributed by atoms with van der Waals surface area (Å²) in [5.74, 6) is -0.550. The van der Waals surface area contributed by atoms with Crippen LogP contribution < -0.4 is 0 Å². The molecular weight excluding hydrogens is 228 g/mol. The summed E-state index contributed by atoms with van der Waals surface area (Å²) in [4.78, 5) is 23.5. The standard InChI is InChI=1S/C15H18O3/c1-2-18-15(17)10-14(16)13-9-5-7-11-6-3-4-8-12(11)13/h3-4,6,8,13H,2,5,7,9-10H2,1H3. The molecule has 96 valence electrons. The van der Waals surface area contributed by atoms with E-state index in [1.165, 1.54) is 5.56 Å². The second-order valence-corrected chi connectivity index (χ2v) is 4.59. The van der Waals surface area contributed by atoms with E-state index in [1.54, 1.807) is 6.92 Å². The van der Waals surface area contributed by atoms with Crippen LogP contribution in [-0.4, -0.2) is 18.4 Å². The minimum Gasteiger partial charge on any atom is -0.466 e. The van der Waals surface area contributed by atoms with Crippen molar-refractivity contribution in [3.05, 3.63) is 35.4 Å². The van der Waals surface area contributed by atoms with Crippen molar-refractivity contribution in [1.82, 2.24) is 0 Å². The maximum absolute atomic E-state index is 12.1. The van der Waals surface area contributed by atoms with Crippen molar-refractivity contribution in [3.8, 4) is 0 Å². The van der Waals surface area contributed by atoms with E-state index in [0.717, 1.165) is 24.8 Å². The molecule has 3 heteroatoms. The highest BCUT2D eigenvalue weighted by Crippen LogP contribution is 2.32. The van der Waals surface area contributed by atoms with Crippen LogP contribution in [0.5, 0.6) is 0 Å². The number of ether oxygens (including phenoxy) is 1. The third kappa shape index (κ3) is 2.78. The number of carbonyl (C=O) groups is 2. The van der Waals surface area contributed by atoms with E-state index in [9.17, 15) is 9.59 Å². The van der Waals surface area contributed by atoms with Gasteiger partial charge >= 0.3 is 5.97 Å². The van der Waals surface area contributed by atoms with Gasteiger partial charge in [0, 0.05) is 5.92 Å². The minimum absolute atomic E-state index is 0.0133. The lowest BCUT2D eigenvalue weighted by Crippen LogP contribution is -2.21. The fraction of sp³-hybridized carbons (Fsp3) is 0.467. The molecule has 0 saturated carbocycles. The number of hydrogen-bond acceptors (Lipinski definition) is 3. The molecule has 0 saturated heterocycles. The lowest BCUT2D eigenvalue weighted by atomic mass is 9.80. The van der Waals surface area contributed by atoms with E-state index < -0.39 is 5.97 Å². The maximum Gasteiger partial charge on any atom is 0.313 e. The van der Waals surface area contributed by atoms with Crippen LogP contribution in [-0.2, 0) is 20.7 Å². The van der Waals surface area contributed by atoms with Crippen LogP contribution in [0.3, 0.4) is 0 Å². The Morgan fingerprint density at radius 1 is 1.33 bits per heavy atom. The largest absolute Gasteiger partial charge is 0.466 e. The van der Waals surface area contributed by atoms with E-state index >= 15 is 0 Å². The van der Waals surface area contributed by atoms with Gasteiger partial charge in [0.2, 0.25) is 0 Å². The van der Waals surface area contributed by atoms with Crippen LogP contribution in [0.2, 0.25) is 0 Å². The topological polar surface area (TPSA) is 43.4 Å². The van der Waals surface area contributed by atoms with Crippen LogP contribution in [0, 0.1) is 0 Å². The van der Waals surface area contributed by atoms with Crippen LogP contribution in [0.25, 0.3) is 0 Å². The fourth-order valence-electron chi connectivity index (χ4n) is 2.57. The Morgan fingerprint density at radius 3 is 2.89 bits per heavy atom. The molecule has 0 bridgehead atoms. The zero-order valence-electron chi connectivity index (χ0n) is 10.6. The summed E-state index contributed by atoms with van der Waals surface area (Å²) in [5, 5.41) is 0. The summed E-state index contributed by atoms with van der Waals surface area (Å²) in [6.07, 6.45) is 2.78. The molecule has 1 atom stereocenters. The van der Waals surface area contributed by atoms with Crippen molar-refractivity contribution in [2.45, 2.75) is 38.5 Å². The molecule has 0 N–H and O–H groups in total. The van der Waals surface area contributed by atoms with Gasteiger partial charge in [0.1, 0.15) is 6.42 Å². The molecule has 1 aromatic rings. The Labute approximate surface area is 107 Å². The predicted molar refractivity (Wildman–Crippen MR) is 68.4 cm³/mol. The molecule has 2 rings (SSSR count). The Hall–Kier alpha value is -1.64. The molecule has 0 fully saturated rings. The number of Topliss-reactive ketones (excluding diaryl/α,β-unsaturated/α-hetero) is 1. The number of rotatable bonds is 4. The highest BCUT2D eigenvalue weighted by atomic mass is 16.5. The van der Waals surface area contributed by atoms with Gasteiger partial charge in [-0.2, -0.15) is 0 Å². The Balaban J connectivity index is 2.10. The first-order chi connectivity index (χ1) is 8.72. The second-order valence-electron chi connectivity index (χ2n) is 4.59. The number of esters is 1. The number of carbonyl (C=O) groups excluding carboxylic acids is 2. The molecular formula is C15H18O3. The first-order valence-corrected chi connectivity index (χ1v) is 6.48. The average Bonchev–Trinajstić information content (AvgIpc) is 2.38. The Bertz CT molecular complexity index is 451. The number of ketones is 1. The number of benzene rings is 1. The van der Waals surface area contributed by atoms with Gasteiger partial charge in [0.05, 0.1) is 6.61 Å². The first kappa shape index (κ1) is 12.8. The summed E-state index contributed by atoms with van der Waals surface area (Å²) in [7, 11) is 0. The second kappa shape index (κ2) is 5.80.